The molecular weight excluding hydrogens is 310 g/mol. The lowest BCUT2D eigenvalue weighted by molar-refractivity contribution is -0.137. The second-order valence-electron chi connectivity index (χ2n) is 5.13. The zero-order valence-corrected chi connectivity index (χ0v) is 13.3. The second-order valence-corrected chi connectivity index (χ2v) is 5.13. The van der Waals surface area contributed by atoms with E-state index >= 15 is 0 Å². The molecule has 2 aromatic carbocycles. The van der Waals surface area contributed by atoms with Crippen molar-refractivity contribution < 1.29 is 24.2 Å². The van der Waals surface area contributed by atoms with Crippen LogP contribution in [0, 0.1) is 0 Å². The standard InChI is InChI=1S/C18H19NO5/c1-23-15-9-5-8-14(10-15)16(11-17(20)21)19-18(22)24-12-13-6-3-2-4-7-13/h2-10,16H,11-12H2,1H3,(H,19,22)(H,20,21)/t16-/m0/s1. The fourth-order valence-electron chi connectivity index (χ4n) is 2.19. The smallest absolute Gasteiger partial charge is 0.407 e. The molecule has 0 radical (unpaired) electrons. The van der Waals surface area contributed by atoms with Crippen LogP contribution in [0.25, 0.3) is 0 Å². The van der Waals surface area contributed by atoms with Gasteiger partial charge in [0.15, 0.2) is 0 Å². The normalized spacial score (nSPS) is 11.4. The van der Waals surface area contributed by atoms with Gasteiger partial charge in [-0.3, -0.25) is 4.79 Å². The average Bonchev–Trinajstić information content (AvgIpc) is 2.60. The number of hydrogen-bond donors (Lipinski definition) is 2. The van der Waals surface area contributed by atoms with Crippen molar-refractivity contribution in [3.8, 4) is 5.75 Å². The largest absolute Gasteiger partial charge is 0.497 e. The maximum atomic E-state index is 12.0. The number of hydrogen-bond acceptors (Lipinski definition) is 4. The van der Waals surface area contributed by atoms with Crippen LogP contribution in [0.2, 0.25) is 0 Å². The van der Waals surface area contributed by atoms with E-state index in [1.807, 2.05) is 30.3 Å². The minimum atomic E-state index is -1.02. The first-order chi connectivity index (χ1) is 11.6. The zero-order valence-electron chi connectivity index (χ0n) is 13.3. The van der Waals surface area contributed by atoms with Gasteiger partial charge in [-0.2, -0.15) is 0 Å². The van der Waals surface area contributed by atoms with E-state index < -0.39 is 18.1 Å². The van der Waals surface area contributed by atoms with Crippen LogP contribution in [0.4, 0.5) is 4.79 Å². The Kier molecular flexibility index (Phi) is 6.19. The Morgan fingerprint density at radius 1 is 1.12 bits per heavy atom. The molecule has 0 saturated heterocycles. The second kappa shape index (κ2) is 8.57. The monoisotopic (exact) mass is 329 g/mol. The number of carbonyl (C=O) groups excluding carboxylic acids is 1. The predicted molar refractivity (Wildman–Crippen MR) is 87.8 cm³/mol. The highest BCUT2D eigenvalue weighted by atomic mass is 16.5. The summed E-state index contributed by atoms with van der Waals surface area (Å²) in [7, 11) is 1.52. The van der Waals surface area contributed by atoms with Gasteiger partial charge in [0.25, 0.3) is 0 Å². The fourth-order valence-corrected chi connectivity index (χ4v) is 2.19. The van der Waals surface area contributed by atoms with E-state index in [1.54, 1.807) is 24.3 Å². The number of alkyl carbamates (subject to hydrolysis) is 1. The summed E-state index contributed by atoms with van der Waals surface area (Å²) in [6, 6.07) is 15.4. The molecule has 2 rings (SSSR count). The molecule has 0 aliphatic rings. The Bertz CT molecular complexity index is 687. The molecule has 0 saturated carbocycles. The molecule has 0 aliphatic heterocycles. The summed E-state index contributed by atoms with van der Waals surface area (Å²) in [6.45, 7) is 0.116. The van der Waals surface area contributed by atoms with E-state index in [1.165, 1.54) is 7.11 Å². The molecule has 6 nitrogen and oxygen atoms in total. The van der Waals surface area contributed by atoms with Gasteiger partial charge in [-0.1, -0.05) is 42.5 Å². The minimum Gasteiger partial charge on any atom is -0.497 e. The van der Waals surface area contributed by atoms with Crippen molar-refractivity contribution >= 4 is 12.1 Å². The van der Waals surface area contributed by atoms with E-state index in [9.17, 15) is 9.59 Å². The van der Waals surface area contributed by atoms with Gasteiger partial charge in [0.1, 0.15) is 12.4 Å². The lowest BCUT2D eigenvalue weighted by atomic mass is 10.0. The molecule has 6 heteroatoms. The van der Waals surface area contributed by atoms with Crippen molar-refractivity contribution in [2.45, 2.75) is 19.1 Å². The quantitative estimate of drug-likeness (QED) is 0.815. The SMILES string of the molecule is COc1cccc([C@H](CC(=O)O)NC(=O)OCc2ccccc2)c1. The molecule has 0 aromatic heterocycles. The van der Waals surface area contributed by atoms with Crippen LogP contribution in [0.1, 0.15) is 23.6 Å². The van der Waals surface area contributed by atoms with E-state index in [4.69, 9.17) is 14.6 Å². The lowest BCUT2D eigenvalue weighted by Crippen LogP contribution is -2.30. The van der Waals surface area contributed by atoms with Gasteiger partial charge >= 0.3 is 12.1 Å². The Morgan fingerprint density at radius 2 is 1.88 bits per heavy atom. The van der Waals surface area contributed by atoms with Crippen LogP contribution >= 0.6 is 0 Å². The molecule has 0 unspecified atom stereocenters. The molecule has 1 atom stereocenters. The topological polar surface area (TPSA) is 84.9 Å². The molecule has 2 aromatic rings. The van der Waals surface area contributed by atoms with Crippen molar-refractivity contribution in [2.75, 3.05) is 7.11 Å². The van der Waals surface area contributed by atoms with Crippen LogP contribution in [0.15, 0.2) is 54.6 Å². The molecule has 0 fully saturated rings. The molecular formula is C18H19NO5. The van der Waals surface area contributed by atoms with Crippen molar-refractivity contribution in [2.24, 2.45) is 0 Å². The highest BCUT2D eigenvalue weighted by molar-refractivity contribution is 5.72. The van der Waals surface area contributed by atoms with Crippen LogP contribution in [0.3, 0.4) is 0 Å². The number of carboxylic acids is 1. The van der Waals surface area contributed by atoms with Crippen molar-refractivity contribution in [3.05, 3.63) is 65.7 Å². The maximum Gasteiger partial charge on any atom is 0.407 e. The molecule has 0 spiro atoms. The van der Waals surface area contributed by atoms with E-state index in [0.717, 1.165) is 5.56 Å². The fraction of sp³-hybridized carbons (Fsp3) is 0.222. The first-order valence-electron chi connectivity index (χ1n) is 7.41. The van der Waals surface area contributed by atoms with Gasteiger partial charge in [-0.25, -0.2) is 4.79 Å². The summed E-state index contributed by atoms with van der Waals surface area (Å²) in [4.78, 5) is 23.1. The Morgan fingerprint density at radius 3 is 2.54 bits per heavy atom. The minimum absolute atomic E-state index is 0.116. The third kappa shape index (κ3) is 5.31. The zero-order chi connectivity index (χ0) is 17.4. The Hall–Kier alpha value is -3.02. The number of rotatable bonds is 7. The third-order valence-corrected chi connectivity index (χ3v) is 3.38. The third-order valence-electron chi connectivity index (χ3n) is 3.38. The molecule has 0 heterocycles. The first-order valence-corrected chi connectivity index (χ1v) is 7.41. The van der Waals surface area contributed by atoms with E-state index in [-0.39, 0.29) is 13.0 Å². The van der Waals surface area contributed by atoms with Crippen LogP contribution in [-0.2, 0) is 16.1 Å². The van der Waals surface area contributed by atoms with Gasteiger partial charge in [0.2, 0.25) is 0 Å². The van der Waals surface area contributed by atoms with Gasteiger partial charge in [0.05, 0.1) is 19.6 Å². The van der Waals surface area contributed by atoms with Crippen molar-refractivity contribution in [3.63, 3.8) is 0 Å². The molecule has 24 heavy (non-hydrogen) atoms. The van der Waals surface area contributed by atoms with Crippen LogP contribution < -0.4 is 10.1 Å². The van der Waals surface area contributed by atoms with Crippen LogP contribution in [0.5, 0.6) is 5.75 Å². The number of ether oxygens (including phenoxy) is 2. The van der Waals surface area contributed by atoms with Gasteiger partial charge in [0, 0.05) is 0 Å². The van der Waals surface area contributed by atoms with Crippen molar-refractivity contribution in [1.82, 2.24) is 5.32 Å². The lowest BCUT2D eigenvalue weighted by Gasteiger charge is -2.18. The van der Waals surface area contributed by atoms with Crippen LogP contribution in [-0.4, -0.2) is 24.3 Å². The van der Waals surface area contributed by atoms with E-state index in [0.29, 0.717) is 11.3 Å². The molecule has 0 aliphatic carbocycles. The molecule has 126 valence electrons. The van der Waals surface area contributed by atoms with Gasteiger partial charge < -0.3 is 19.9 Å². The number of methoxy groups -OCH3 is 1. The maximum absolute atomic E-state index is 12.0. The molecule has 0 bridgehead atoms. The number of nitrogens with one attached hydrogen (secondary N) is 1. The summed E-state index contributed by atoms with van der Waals surface area (Å²) in [6.07, 6.45) is -0.930. The van der Waals surface area contributed by atoms with E-state index in [2.05, 4.69) is 5.32 Å². The number of aliphatic carboxylic acids is 1. The highest BCUT2D eigenvalue weighted by Gasteiger charge is 2.19. The average molecular weight is 329 g/mol. The summed E-state index contributed by atoms with van der Waals surface area (Å²) < 4.78 is 10.3. The molecule has 1 amide bonds. The summed E-state index contributed by atoms with van der Waals surface area (Å²) >= 11 is 0. The van der Waals surface area contributed by atoms with Crippen molar-refractivity contribution in [1.29, 1.82) is 0 Å². The predicted octanol–water partition coefficient (Wildman–Crippen LogP) is 3.14. The summed E-state index contributed by atoms with van der Waals surface area (Å²) in [5.41, 5.74) is 1.48. The molecule has 2 N–H and O–H groups in total. The Balaban J connectivity index is 2.02. The summed E-state index contributed by atoms with van der Waals surface area (Å²) in [5, 5.41) is 11.7. The Labute approximate surface area is 140 Å². The number of amides is 1. The number of carbonyl (C=O) groups is 2. The number of carboxylic acid groups (broad SMARTS) is 1. The highest BCUT2D eigenvalue weighted by Crippen LogP contribution is 2.22. The summed E-state index contributed by atoms with van der Waals surface area (Å²) in [5.74, 6) is -0.437. The first kappa shape index (κ1) is 17.3. The number of benzene rings is 2. The van der Waals surface area contributed by atoms with Gasteiger partial charge in [-0.05, 0) is 23.3 Å². The van der Waals surface area contributed by atoms with Gasteiger partial charge in [-0.15, -0.1) is 0 Å².